The van der Waals surface area contributed by atoms with Gasteiger partial charge in [-0.3, -0.25) is 24.1 Å². The quantitative estimate of drug-likeness (QED) is 0.0666. The first-order valence-corrected chi connectivity index (χ1v) is 20.6. The number of ketones is 2. The van der Waals surface area contributed by atoms with Crippen LogP contribution in [0.15, 0.2) is 42.3 Å². The van der Waals surface area contributed by atoms with Gasteiger partial charge in [-0.05, 0) is 75.2 Å². The number of nitrogens with one attached hydrogen (secondary N) is 1. The Labute approximate surface area is 327 Å². The minimum Gasteiger partial charge on any atom is -0.508 e. The van der Waals surface area contributed by atoms with E-state index in [0.717, 1.165) is 42.8 Å². The lowest BCUT2D eigenvalue weighted by Crippen LogP contribution is -2.50. The van der Waals surface area contributed by atoms with Gasteiger partial charge in [-0.2, -0.15) is 0 Å². The Morgan fingerprint density at radius 3 is 2.44 bits per heavy atom. The number of phenols is 1. The van der Waals surface area contributed by atoms with Crippen molar-refractivity contribution in [1.29, 1.82) is 0 Å². The van der Waals surface area contributed by atoms with E-state index in [0.29, 0.717) is 31.6 Å². The van der Waals surface area contributed by atoms with Crippen molar-refractivity contribution in [2.24, 2.45) is 29.4 Å². The van der Waals surface area contributed by atoms with Crippen LogP contribution in [0.1, 0.15) is 113 Å². The number of likely N-dealkylation sites (tertiary alicyclic amines) is 1. The highest BCUT2D eigenvalue weighted by Gasteiger charge is 2.38. The summed E-state index contributed by atoms with van der Waals surface area (Å²) in [5.74, 6) is -0.999. The number of carbonyl (C=O) groups excluding carboxylic acids is 4. The average molecular weight is 768 g/mol. The van der Waals surface area contributed by atoms with Crippen LogP contribution in [0.5, 0.6) is 5.75 Å². The van der Waals surface area contributed by atoms with Crippen molar-refractivity contribution in [3.05, 3.63) is 58.6 Å². The number of piperidine rings is 1. The Morgan fingerprint density at radius 1 is 1.13 bits per heavy atom. The summed E-state index contributed by atoms with van der Waals surface area (Å²) in [6.07, 6.45) is 7.04. The number of aromatic nitrogens is 1. The summed E-state index contributed by atoms with van der Waals surface area (Å²) in [5, 5.41) is 15.4. The van der Waals surface area contributed by atoms with E-state index < -0.39 is 5.92 Å². The van der Waals surface area contributed by atoms with Crippen molar-refractivity contribution >= 4 is 34.7 Å². The third kappa shape index (κ3) is 13.1. The number of thiazole rings is 1. The third-order valence-electron chi connectivity index (χ3n) is 11.0. The number of carbonyl (C=O) groups is 4. The van der Waals surface area contributed by atoms with E-state index in [1.165, 1.54) is 11.3 Å². The number of likely N-dealkylation sites (N-methyl/N-ethyl adjacent to an activating group) is 1. The molecule has 1 unspecified atom stereocenters. The number of phenolic OH excluding ortho intramolecular Hbond substituents is 1. The van der Waals surface area contributed by atoms with E-state index in [2.05, 4.69) is 51.4 Å². The molecule has 2 amide bonds. The van der Waals surface area contributed by atoms with Crippen molar-refractivity contribution in [3.8, 4) is 5.75 Å². The second-order valence-corrected chi connectivity index (χ2v) is 16.5. The van der Waals surface area contributed by atoms with Crippen LogP contribution in [0.25, 0.3) is 0 Å². The SMILES string of the molecule is C=CCOCN(C(=O)[C@@H](CC(=O)[C@H]1CCCCN1C)C(C)CC)[C@H](C[C@@H](C)c1nc(C(=O)N[C@@H](Cc2ccc(O)cc2)C[C@H](C)C(=O)CN)cs1)C(C)C. The molecule has 1 aromatic heterocycles. The number of ether oxygens (including phenoxy) is 1. The van der Waals surface area contributed by atoms with E-state index in [-0.39, 0.29) is 90.6 Å². The molecule has 3 rings (SSSR count). The number of Topliss-reactive ketones (excluding diaryl/α,β-unsaturated/α-hetero) is 2. The highest BCUT2D eigenvalue weighted by Crippen LogP contribution is 2.32. The average Bonchev–Trinajstić information content (AvgIpc) is 3.66. The van der Waals surface area contributed by atoms with Gasteiger partial charge in [0.25, 0.3) is 5.91 Å². The Kier molecular flexibility index (Phi) is 18.5. The van der Waals surface area contributed by atoms with Crippen LogP contribution in [0.4, 0.5) is 0 Å². The number of nitrogens with zero attached hydrogens (tertiary/aromatic N) is 3. The number of amides is 2. The molecule has 1 saturated heterocycles. The molecule has 0 bridgehead atoms. The maximum Gasteiger partial charge on any atom is 0.270 e. The van der Waals surface area contributed by atoms with E-state index in [1.54, 1.807) is 35.7 Å². The molecular formula is C42H65N5O6S. The molecule has 1 fully saturated rings. The number of hydrogen-bond donors (Lipinski definition) is 3. The van der Waals surface area contributed by atoms with Crippen molar-refractivity contribution in [2.75, 3.05) is 33.5 Å². The minimum absolute atomic E-state index is 0.0109. The van der Waals surface area contributed by atoms with Gasteiger partial charge in [0.1, 0.15) is 24.0 Å². The minimum atomic E-state index is -0.464. The molecule has 1 aromatic carbocycles. The second-order valence-electron chi connectivity index (χ2n) is 15.6. The lowest BCUT2D eigenvalue weighted by Gasteiger charge is -2.39. The maximum absolute atomic E-state index is 14.6. The van der Waals surface area contributed by atoms with Gasteiger partial charge in [0.2, 0.25) is 5.91 Å². The summed E-state index contributed by atoms with van der Waals surface area (Å²) < 4.78 is 5.94. The largest absolute Gasteiger partial charge is 0.508 e. The molecule has 0 spiro atoms. The summed E-state index contributed by atoms with van der Waals surface area (Å²) in [5.41, 5.74) is 6.83. The zero-order valence-corrected chi connectivity index (χ0v) is 34.4. The molecule has 1 aliphatic heterocycles. The molecule has 11 nitrogen and oxygen atoms in total. The summed E-state index contributed by atoms with van der Waals surface area (Å²) >= 11 is 1.41. The van der Waals surface area contributed by atoms with Crippen molar-refractivity contribution in [3.63, 3.8) is 0 Å². The summed E-state index contributed by atoms with van der Waals surface area (Å²) in [7, 11) is 2.00. The predicted octanol–water partition coefficient (Wildman–Crippen LogP) is 6.36. The van der Waals surface area contributed by atoms with Crippen LogP contribution in [0.2, 0.25) is 0 Å². The predicted molar refractivity (Wildman–Crippen MR) is 215 cm³/mol. The second kappa shape index (κ2) is 22.2. The van der Waals surface area contributed by atoms with Crippen LogP contribution in [0, 0.1) is 23.7 Å². The molecule has 2 aromatic rings. The highest BCUT2D eigenvalue weighted by molar-refractivity contribution is 7.09. The fourth-order valence-electron chi connectivity index (χ4n) is 7.39. The summed E-state index contributed by atoms with van der Waals surface area (Å²) in [6.45, 7) is 17.2. The molecule has 12 heteroatoms. The van der Waals surface area contributed by atoms with Crippen LogP contribution in [-0.2, 0) is 25.5 Å². The fraction of sp³-hybridized carbons (Fsp3) is 0.643. The first-order chi connectivity index (χ1) is 25.7. The Bertz CT molecular complexity index is 1510. The van der Waals surface area contributed by atoms with Gasteiger partial charge in [0, 0.05) is 41.6 Å². The third-order valence-corrected chi connectivity index (χ3v) is 12.1. The summed E-state index contributed by atoms with van der Waals surface area (Å²) in [6, 6.07) is 6.07. The van der Waals surface area contributed by atoms with E-state index >= 15 is 0 Å². The van der Waals surface area contributed by atoms with Crippen LogP contribution < -0.4 is 11.1 Å². The lowest BCUT2D eigenvalue weighted by atomic mass is 9.82. The van der Waals surface area contributed by atoms with Crippen LogP contribution >= 0.6 is 11.3 Å². The number of nitrogens with two attached hydrogens (primary N) is 1. The van der Waals surface area contributed by atoms with Gasteiger partial charge in [-0.1, -0.05) is 72.6 Å². The molecule has 300 valence electrons. The Balaban J connectivity index is 1.81. The Morgan fingerprint density at radius 2 is 1.83 bits per heavy atom. The van der Waals surface area contributed by atoms with Gasteiger partial charge < -0.3 is 25.8 Å². The van der Waals surface area contributed by atoms with E-state index in [4.69, 9.17) is 15.5 Å². The van der Waals surface area contributed by atoms with Gasteiger partial charge >= 0.3 is 0 Å². The topological polar surface area (TPSA) is 155 Å². The molecule has 7 atom stereocenters. The molecular weight excluding hydrogens is 703 g/mol. The monoisotopic (exact) mass is 767 g/mol. The molecule has 54 heavy (non-hydrogen) atoms. The molecule has 2 heterocycles. The van der Waals surface area contributed by atoms with Gasteiger partial charge in [-0.25, -0.2) is 4.98 Å². The zero-order valence-electron chi connectivity index (χ0n) is 33.6. The lowest BCUT2D eigenvalue weighted by molar-refractivity contribution is -0.150. The van der Waals surface area contributed by atoms with Crippen molar-refractivity contribution in [2.45, 2.75) is 117 Å². The number of aromatic hydroxyl groups is 1. The smallest absolute Gasteiger partial charge is 0.270 e. The Hall–Kier alpha value is -3.45. The zero-order chi connectivity index (χ0) is 39.9. The van der Waals surface area contributed by atoms with E-state index in [1.807, 2.05) is 18.9 Å². The molecule has 0 saturated carbocycles. The molecule has 0 aliphatic carbocycles. The van der Waals surface area contributed by atoms with Gasteiger partial charge in [-0.15, -0.1) is 17.9 Å². The number of benzene rings is 1. The number of hydrogen-bond acceptors (Lipinski definition) is 10. The number of rotatable bonds is 23. The molecule has 0 radical (unpaired) electrons. The van der Waals surface area contributed by atoms with Gasteiger partial charge in [0.05, 0.1) is 24.2 Å². The van der Waals surface area contributed by atoms with Crippen LogP contribution in [0.3, 0.4) is 0 Å². The first-order valence-electron chi connectivity index (χ1n) is 19.7. The van der Waals surface area contributed by atoms with Crippen molar-refractivity contribution in [1.82, 2.24) is 20.1 Å². The normalized spacial score (nSPS) is 18.3. The fourth-order valence-corrected chi connectivity index (χ4v) is 8.26. The molecule has 4 N–H and O–H groups in total. The van der Waals surface area contributed by atoms with Gasteiger partial charge in [0.15, 0.2) is 5.78 Å². The maximum atomic E-state index is 14.6. The molecule has 1 aliphatic rings. The highest BCUT2D eigenvalue weighted by atomic mass is 32.1. The standard InChI is InChI=1S/C42H65N5O6S/c1-9-19-53-26-47(42(52)34(28(5)10-2)23-38(49)36-13-11-12-18-46(36)8)37(27(3)4)21-30(7)41-45-35(25-54-41)40(51)44-32(20-29(6)39(50)24-43)22-31-14-16-33(48)17-15-31/h9,14-17,25,27-30,32,34,36-37,48H,1,10-13,18-24,26,43H2,2-8H3,(H,44,51)/t28?,29-,30+,32+,34-,36+,37+/m0/s1. The first kappa shape index (κ1) is 44.9. The summed E-state index contributed by atoms with van der Waals surface area (Å²) in [4.78, 5) is 63.0. The van der Waals surface area contributed by atoms with E-state index in [9.17, 15) is 24.3 Å². The van der Waals surface area contributed by atoms with Crippen LogP contribution in [-0.4, -0.2) is 94.9 Å². The van der Waals surface area contributed by atoms with Crippen molar-refractivity contribution < 1.29 is 29.0 Å².